The predicted molar refractivity (Wildman–Crippen MR) is 143 cm³/mol. The molecule has 192 valence electrons. The van der Waals surface area contributed by atoms with E-state index >= 15 is 0 Å². The molecule has 37 heavy (non-hydrogen) atoms. The van der Waals surface area contributed by atoms with Crippen molar-refractivity contribution < 1.29 is 17.9 Å². The maximum absolute atomic E-state index is 12.9. The molecule has 0 unspecified atom stereocenters. The van der Waals surface area contributed by atoms with E-state index in [-0.39, 0.29) is 17.1 Å². The Hall–Kier alpha value is -3.90. The molecule has 8 nitrogen and oxygen atoms in total. The van der Waals surface area contributed by atoms with Gasteiger partial charge < -0.3 is 10.1 Å². The molecule has 0 spiro atoms. The zero-order valence-corrected chi connectivity index (χ0v) is 22.0. The first-order valence-electron chi connectivity index (χ1n) is 12.2. The summed E-state index contributed by atoms with van der Waals surface area (Å²) in [5.41, 5.74) is 3.70. The van der Waals surface area contributed by atoms with Crippen LogP contribution in [0.5, 0.6) is 5.75 Å². The number of aromatic nitrogens is 2. The van der Waals surface area contributed by atoms with Gasteiger partial charge in [0.05, 0.1) is 23.8 Å². The number of ether oxygens (including phenoxy) is 1. The van der Waals surface area contributed by atoms with Gasteiger partial charge in [0.25, 0.3) is 5.91 Å². The highest BCUT2D eigenvalue weighted by atomic mass is 32.2. The lowest BCUT2D eigenvalue weighted by atomic mass is 10.0. The predicted octanol–water partition coefficient (Wildman–Crippen LogP) is 4.09. The second-order valence-corrected chi connectivity index (χ2v) is 11.9. The molecule has 0 bridgehead atoms. The van der Waals surface area contributed by atoms with Crippen LogP contribution in [0, 0.1) is 24.2 Å². The molecular formula is C28H30N4O4S. The number of nitriles is 1. The van der Waals surface area contributed by atoms with Crippen molar-refractivity contribution in [1.29, 1.82) is 5.26 Å². The summed E-state index contributed by atoms with van der Waals surface area (Å²) in [7, 11) is -3.16. The number of carbonyl (C=O) groups is 1. The quantitative estimate of drug-likeness (QED) is 0.355. The van der Waals surface area contributed by atoms with Crippen LogP contribution in [-0.4, -0.2) is 48.3 Å². The minimum atomic E-state index is -3.16. The summed E-state index contributed by atoms with van der Waals surface area (Å²) in [4.78, 5) is 12.9. The van der Waals surface area contributed by atoms with Gasteiger partial charge in [0, 0.05) is 23.4 Å². The van der Waals surface area contributed by atoms with Crippen molar-refractivity contribution in [3.05, 3.63) is 71.4 Å². The Labute approximate surface area is 217 Å². The Morgan fingerprint density at radius 1 is 1.27 bits per heavy atom. The lowest BCUT2D eigenvalue weighted by Gasteiger charge is -2.12. The molecule has 4 rings (SSSR count). The molecule has 1 saturated heterocycles. The van der Waals surface area contributed by atoms with Crippen LogP contribution >= 0.6 is 0 Å². The lowest BCUT2D eigenvalue weighted by Crippen LogP contribution is -2.36. The van der Waals surface area contributed by atoms with Crippen molar-refractivity contribution in [2.24, 2.45) is 5.92 Å². The van der Waals surface area contributed by atoms with E-state index in [0.29, 0.717) is 30.2 Å². The summed E-state index contributed by atoms with van der Waals surface area (Å²) in [6, 6.07) is 16.8. The fraction of sp³-hybridized carbons (Fsp3) is 0.321. The van der Waals surface area contributed by atoms with Crippen LogP contribution in [0.4, 0.5) is 0 Å². The largest absolute Gasteiger partial charge is 0.493 e. The van der Waals surface area contributed by atoms with E-state index in [1.807, 2.05) is 61.5 Å². The number of rotatable bonds is 8. The van der Waals surface area contributed by atoms with Gasteiger partial charge in [-0.15, -0.1) is 0 Å². The first-order chi connectivity index (χ1) is 17.6. The van der Waals surface area contributed by atoms with Gasteiger partial charge in [0.2, 0.25) is 0 Å². The second-order valence-electron chi connectivity index (χ2n) is 9.64. The zero-order valence-electron chi connectivity index (χ0n) is 21.1. The van der Waals surface area contributed by atoms with Gasteiger partial charge in [0.15, 0.2) is 9.84 Å². The van der Waals surface area contributed by atoms with Crippen molar-refractivity contribution in [3.63, 3.8) is 0 Å². The van der Waals surface area contributed by atoms with E-state index in [9.17, 15) is 18.5 Å². The average Bonchev–Trinajstić information content (AvgIpc) is 3.44. The standard InChI is InChI=1S/C28H30N4O4S/c1-19(2)17-36-25-9-10-26(20(3)13-25)27-22(16-32(31-27)24-7-5-4-6-8-24)14-21(15-29)28(33)30-23-11-12-37(34,35)18-23/h4-10,13-14,16,19,23H,11-12,17-18H2,1-3H3,(H,30,33)/b21-14-/t23-/m1/s1. The molecule has 2 heterocycles. The normalized spacial score (nSPS) is 16.9. The lowest BCUT2D eigenvalue weighted by molar-refractivity contribution is -0.117. The van der Waals surface area contributed by atoms with Gasteiger partial charge in [-0.25, -0.2) is 13.1 Å². The highest BCUT2D eigenvalue weighted by Crippen LogP contribution is 2.31. The van der Waals surface area contributed by atoms with Crippen molar-refractivity contribution >= 4 is 21.8 Å². The Morgan fingerprint density at radius 3 is 2.65 bits per heavy atom. The third-order valence-corrected chi connectivity index (χ3v) is 7.80. The number of nitrogens with one attached hydrogen (secondary N) is 1. The number of carbonyl (C=O) groups excluding carboxylic acids is 1. The molecule has 1 fully saturated rings. The van der Waals surface area contributed by atoms with Crippen LogP contribution in [0.15, 0.2) is 60.3 Å². The van der Waals surface area contributed by atoms with E-state index < -0.39 is 21.8 Å². The fourth-order valence-electron chi connectivity index (χ4n) is 4.15. The SMILES string of the molecule is Cc1cc(OCC(C)C)ccc1-c1nn(-c2ccccc2)cc1/C=C(/C#N)C(=O)N[C@@H]1CCS(=O)(=O)C1. The van der Waals surface area contributed by atoms with Crippen molar-refractivity contribution in [2.45, 2.75) is 33.2 Å². The number of aryl methyl sites for hydroxylation is 1. The first kappa shape index (κ1) is 26.2. The first-order valence-corrected chi connectivity index (χ1v) is 14.0. The molecule has 3 aromatic rings. The molecule has 0 aliphatic carbocycles. The number of hydrogen-bond acceptors (Lipinski definition) is 6. The monoisotopic (exact) mass is 518 g/mol. The highest BCUT2D eigenvalue weighted by Gasteiger charge is 2.29. The maximum Gasteiger partial charge on any atom is 0.262 e. The van der Waals surface area contributed by atoms with E-state index in [1.54, 1.807) is 10.9 Å². The third kappa shape index (κ3) is 6.46. The van der Waals surface area contributed by atoms with Crippen LogP contribution in [0.25, 0.3) is 23.0 Å². The molecule has 1 amide bonds. The van der Waals surface area contributed by atoms with Gasteiger partial charge in [0.1, 0.15) is 23.1 Å². The fourth-order valence-corrected chi connectivity index (χ4v) is 5.82. The molecular weight excluding hydrogens is 488 g/mol. The smallest absolute Gasteiger partial charge is 0.262 e. The molecule has 0 radical (unpaired) electrons. The van der Waals surface area contributed by atoms with Gasteiger partial charge in [-0.2, -0.15) is 10.4 Å². The molecule has 1 aliphatic heterocycles. The van der Waals surface area contributed by atoms with E-state index in [2.05, 4.69) is 19.2 Å². The molecule has 1 aromatic heterocycles. The summed E-state index contributed by atoms with van der Waals surface area (Å²) in [6.45, 7) is 6.75. The molecule has 2 aromatic carbocycles. The van der Waals surface area contributed by atoms with Gasteiger partial charge in [-0.05, 0) is 61.2 Å². The molecule has 9 heteroatoms. The minimum absolute atomic E-state index is 0.0354. The van der Waals surface area contributed by atoms with Crippen LogP contribution in [0.1, 0.15) is 31.4 Å². The number of para-hydroxylation sites is 1. The van der Waals surface area contributed by atoms with E-state index in [0.717, 1.165) is 22.6 Å². The van der Waals surface area contributed by atoms with Crippen molar-refractivity contribution in [3.8, 4) is 28.8 Å². The summed E-state index contributed by atoms with van der Waals surface area (Å²) >= 11 is 0. The van der Waals surface area contributed by atoms with Gasteiger partial charge in [-0.1, -0.05) is 32.0 Å². The molecule has 1 aliphatic rings. The van der Waals surface area contributed by atoms with Crippen molar-refractivity contribution in [2.75, 3.05) is 18.1 Å². The Balaban J connectivity index is 1.71. The van der Waals surface area contributed by atoms with Crippen LogP contribution in [0.2, 0.25) is 0 Å². The topological polar surface area (TPSA) is 114 Å². The highest BCUT2D eigenvalue weighted by molar-refractivity contribution is 7.91. The van der Waals surface area contributed by atoms with Crippen LogP contribution in [0.3, 0.4) is 0 Å². The van der Waals surface area contributed by atoms with Gasteiger partial charge >= 0.3 is 0 Å². The van der Waals surface area contributed by atoms with Gasteiger partial charge in [-0.3, -0.25) is 4.79 Å². The maximum atomic E-state index is 12.9. The zero-order chi connectivity index (χ0) is 26.6. The summed E-state index contributed by atoms with van der Waals surface area (Å²) in [6.07, 6.45) is 3.62. The van der Waals surface area contributed by atoms with Crippen LogP contribution < -0.4 is 10.1 Å². The summed E-state index contributed by atoms with van der Waals surface area (Å²) in [5, 5.41) is 17.3. The number of nitrogens with zero attached hydrogens (tertiary/aromatic N) is 3. The number of sulfone groups is 1. The minimum Gasteiger partial charge on any atom is -0.493 e. The summed E-state index contributed by atoms with van der Waals surface area (Å²) < 4.78 is 31.1. The van der Waals surface area contributed by atoms with E-state index in [1.165, 1.54) is 6.08 Å². The number of hydrogen-bond donors (Lipinski definition) is 1. The van der Waals surface area contributed by atoms with Crippen LogP contribution in [-0.2, 0) is 14.6 Å². The summed E-state index contributed by atoms with van der Waals surface area (Å²) in [5.74, 6) is 0.487. The Kier molecular flexibility index (Phi) is 7.79. The average molecular weight is 519 g/mol. The number of amides is 1. The molecule has 1 atom stereocenters. The molecule has 1 N–H and O–H groups in total. The Morgan fingerprint density at radius 2 is 2.03 bits per heavy atom. The molecule has 0 saturated carbocycles. The van der Waals surface area contributed by atoms with E-state index in [4.69, 9.17) is 9.84 Å². The number of benzene rings is 2. The third-order valence-electron chi connectivity index (χ3n) is 6.03. The van der Waals surface area contributed by atoms with Crippen molar-refractivity contribution in [1.82, 2.24) is 15.1 Å². The second kappa shape index (κ2) is 11.0. The Bertz CT molecular complexity index is 1470.